The first-order valence-corrected chi connectivity index (χ1v) is 12.3. The second kappa shape index (κ2) is 10.9. The highest BCUT2D eigenvalue weighted by Gasteiger charge is 2.38. The first-order chi connectivity index (χ1) is 18.1. The first-order valence-electron chi connectivity index (χ1n) is 12.3. The fraction of sp³-hybridized carbons (Fsp3) is 0.267. The van der Waals surface area contributed by atoms with Crippen LogP contribution in [0.4, 0.5) is 0 Å². The van der Waals surface area contributed by atoms with Crippen molar-refractivity contribution in [2.45, 2.75) is 31.5 Å². The van der Waals surface area contributed by atoms with Gasteiger partial charge in [-0.05, 0) is 53.8 Å². The Morgan fingerprint density at radius 1 is 1.00 bits per heavy atom. The van der Waals surface area contributed by atoms with Crippen LogP contribution in [0.15, 0.2) is 79.0 Å². The van der Waals surface area contributed by atoms with E-state index in [0.717, 1.165) is 34.0 Å². The molecule has 0 amide bonds. The largest absolute Gasteiger partial charge is 0.493 e. The second-order valence-corrected chi connectivity index (χ2v) is 9.13. The van der Waals surface area contributed by atoms with E-state index in [9.17, 15) is 9.90 Å². The zero-order chi connectivity index (χ0) is 25.8. The maximum Gasteiger partial charge on any atom is 0.320 e. The van der Waals surface area contributed by atoms with Crippen LogP contribution in [0, 0.1) is 0 Å². The number of ether oxygens (including phenoxy) is 3. The number of carboxylic acids is 1. The normalized spacial score (nSPS) is 16.4. The summed E-state index contributed by atoms with van der Waals surface area (Å²) in [5, 5.41) is 11.0. The van der Waals surface area contributed by atoms with Gasteiger partial charge in [-0.15, -0.1) is 0 Å². The number of aromatic nitrogens is 1. The molecule has 0 aliphatic carbocycles. The highest BCUT2D eigenvalue weighted by atomic mass is 16.5. The quantitative estimate of drug-likeness (QED) is 0.328. The van der Waals surface area contributed by atoms with Crippen LogP contribution in [0.2, 0.25) is 0 Å². The highest BCUT2D eigenvalue weighted by molar-refractivity contribution is 5.79. The molecule has 7 heteroatoms. The van der Waals surface area contributed by atoms with Crippen molar-refractivity contribution in [3.8, 4) is 17.2 Å². The Kier molecular flexibility index (Phi) is 7.23. The van der Waals surface area contributed by atoms with Crippen LogP contribution in [0.1, 0.15) is 35.6 Å². The third kappa shape index (κ3) is 5.08. The minimum atomic E-state index is -0.821. The Balaban J connectivity index is 1.60. The molecule has 2 atom stereocenters. The third-order valence-electron chi connectivity index (χ3n) is 6.86. The maximum atomic E-state index is 12.2. The number of methoxy groups -OCH3 is 2. The van der Waals surface area contributed by atoms with E-state index in [2.05, 4.69) is 11.1 Å². The van der Waals surface area contributed by atoms with Crippen molar-refractivity contribution in [2.24, 2.45) is 0 Å². The molecule has 5 rings (SSSR count). The van der Waals surface area contributed by atoms with Crippen molar-refractivity contribution in [3.05, 3.63) is 95.7 Å². The second-order valence-electron chi connectivity index (χ2n) is 9.13. The minimum Gasteiger partial charge on any atom is -0.493 e. The van der Waals surface area contributed by atoms with E-state index >= 15 is 0 Å². The average molecular weight is 499 g/mol. The van der Waals surface area contributed by atoms with E-state index in [1.165, 1.54) is 0 Å². The van der Waals surface area contributed by atoms with E-state index in [4.69, 9.17) is 14.2 Å². The first kappa shape index (κ1) is 24.6. The predicted molar refractivity (Wildman–Crippen MR) is 141 cm³/mol. The van der Waals surface area contributed by atoms with Gasteiger partial charge >= 0.3 is 5.97 Å². The molecule has 7 nitrogen and oxygen atoms in total. The molecule has 1 fully saturated rings. The number of fused-ring (bicyclic) bond motifs is 1. The lowest BCUT2D eigenvalue weighted by atomic mass is 9.95. The van der Waals surface area contributed by atoms with Crippen LogP contribution in [-0.4, -0.2) is 47.8 Å². The molecule has 0 saturated carbocycles. The number of hydrogen-bond donors (Lipinski definition) is 1. The average Bonchev–Trinajstić information content (AvgIpc) is 3.42. The van der Waals surface area contributed by atoms with E-state index < -0.39 is 12.0 Å². The Hall–Kier alpha value is -4.10. The topological polar surface area (TPSA) is 81.1 Å². The number of likely N-dealkylation sites (tertiary alicyclic amines) is 1. The standard InChI is InChI=1S/C30H30N2O5/c1-35-26-16-22(17-27(36-2)29(26)37-19-20-9-4-3-5-10-20)28(32-14-8-13-25(32)30(33)34)23-15-21-11-6-7-12-24(21)31-18-23/h3-7,9-12,15-18,25,28H,8,13-14,19H2,1-2H3,(H,33,34). The molecule has 190 valence electrons. The Bertz CT molecular complexity index is 1370. The van der Waals surface area contributed by atoms with E-state index in [-0.39, 0.29) is 6.04 Å². The summed E-state index contributed by atoms with van der Waals surface area (Å²) in [6, 6.07) is 22.8. The molecule has 1 aromatic heterocycles. The number of hydrogen-bond acceptors (Lipinski definition) is 6. The lowest BCUT2D eigenvalue weighted by Gasteiger charge is -2.32. The van der Waals surface area contributed by atoms with Crippen LogP contribution < -0.4 is 14.2 Å². The summed E-state index contributed by atoms with van der Waals surface area (Å²) in [5.41, 5.74) is 3.68. The van der Waals surface area contributed by atoms with Gasteiger partial charge in [-0.2, -0.15) is 0 Å². The molecule has 0 spiro atoms. The number of rotatable bonds is 9. The van der Waals surface area contributed by atoms with E-state index in [0.29, 0.717) is 36.8 Å². The Morgan fingerprint density at radius 3 is 2.41 bits per heavy atom. The number of para-hydroxylation sites is 1. The molecule has 2 heterocycles. The van der Waals surface area contributed by atoms with Gasteiger partial charge < -0.3 is 19.3 Å². The molecule has 0 radical (unpaired) electrons. The fourth-order valence-electron chi connectivity index (χ4n) is 5.11. The van der Waals surface area contributed by atoms with Gasteiger partial charge in [0.25, 0.3) is 0 Å². The number of benzene rings is 3. The molecule has 3 aromatic carbocycles. The Labute approximate surface area is 216 Å². The minimum absolute atomic E-state index is 0.355. The van der Waals surface area contributed by atoms with Gasteiger partial charge in [-0.25, -0.2) is 0 Å². The number of pyridine rings is 1. The molecule has 1 N–H and O–H groups in total. The number of carbonyl (C=O) groups is 1. The van der Waals surface area contributed by atoms with E-state index in [1.54, 1.807) is 14.2 Å². The van der Waals surface area contributed by atoms with Crippen molar-refractivity contribution >= 4 is 16.9 Å². The molecule has 1 aliphatic rings. The number of aliphatic carboxylic acids is 1. The third-order valence-corrected chi connectivity index (χ3v) is 6.86. The predicted octanol–water partition coefficient (Wildman–Crippen LogP) is 5.47. The molecular formula is C30H30N2O5. The molecule has 4 aromatic rings. The summed E-state index contributed by atoms with van der Waals surface area (Å²) >= 11 is 0. The summed E-state index contributed by atoms with van der Waals surface area (Å²) in [4.78, 5) is 18.9. The zero-order valence-corrected chi connectivity index (χ0v) is 21.0. The van der Waals surface area contributed by atoms with Crippen LogP contribution in [0.25, 0.3) is 10.9 Å². The smallest absolute Gasteiger partial charge is 0.320 e. The summed E-state index contributed by atoms with van der Waals surface area (Å²) in [5.74, 6) is 0.729. The van der Waals surface area contributed by atoms with E-state index in [1.807, 2.05) is 77.8 Å². The highest BCUT2D eigenvalue weighted by Crippen LogP contribution is 2.44. The van der Waals surface area contributed by atoms with Crippen LogP contribution in [0.5, 0.6) is 17.2 Å². The Morgan fingerprint density at radius 2 is 1.70 bits per heavy atom. The number of nitrogens with zero attached hydrogens (tertiary/aromatic N) is 2. The molecule has 0 bridgehead atoms. The van der Waals surface area contributed by atoms with Gasteiger partial charge in [0.1, 0.15) is 12.6 Å². The maximum absolute atomic E-state index is 12.2. The lowest BCUT2D eigenvalue weighted by molar-refractivity contribution is -0.142. The van der Waals surface area contributed by atoms with Crippen LogP contribution in [-0.2, 0) is 11.4 Å². The van der Waals surface area contributed by atoms with Crippen molar-refractivity contribution < 1.29 is 24.1 Å². The van der Waals surface area contributed by atoms with Gasteiger partial charge in [-0.3, -0.25) is 14.7 Å². The van der Waals surface area contributed by atoms with Crippen molar-refractivity contribution in [1.29, 1.82) is 0 Å². The zero-order valence-electron chi connectivity index (χ0n) is 21.0. The van der Waals surface area contributed by atoms with Crippen LogP contribution in [0.3, 0.4) is 0 Å². The van der Waals surface area contributed by atoms with Gasteiger partial charge in [0.15, 0.2) is 11.5 Å². The molecule has 2 unspecified atom stereocenters. The summed E-state index contributed by atoms with van der Waals surface area (Å²) in [7, 11) is 3.19. The van der Waals surface area contributed by atoms with Crippen molar-refractivity contribution in [1.82, 2.24) is 9.88 Å². The van der Waals surface area contributed by atoms with Crippen LogP contribution >= 0.6 is 0 Å². The fourth-order valence-corrected chi connectivity index (χ4v) is 5.11. The van der Waals surface area contributed by atoms with Crippen molar-refractivity contribution in [3.63, 3.8) is 0 Å². The molecule has 1 aliphatic heterocycles. The van der Waals surface area contributed by atoms with Gasteiger partial charge in [0.05, 0.1) is 25.8 Å². The molecular weight excluding hydrogens is 468 g/mol. The molecule has 1 saturated heterocycles. The van der Waals surface area contributed by atoms with Gasteiger partial charge in [0.2, 0.25) is 5.75 Å². The molecule has 37 heavy (non-hydrogen) atoms. The van der Waals surface area contributed by atoms with Gasteiger partial charge in [-0.1, -0.05) is 48.5 Å². The SMILES string of the molecule is COc1cc(C(c2cnc3ccccc3c2)N2CCCC2C(=O)O)cc(OC)c1OCc1ccccc1. The van der Waals surface area contributed by atoms with Crippen molar-refractivity contribution in [2.75, 3.05) is 20.8 Å². The summed E-state index contributed by atoms with van der Waals surface area (Å²) in [6.07, 6.45) is 3.24. The van der Waals surface area contributed by atoms with Gasteiger partial charge in [0, 0.05) is 18.1 Å². The lowest BCUT2D eigenvalue weighted by Crippen LogP contribution is -2.39. The number of carboxylic acid groups (broad SMARTS) is 1. The summed E-state index contributed by atoms with van der Waals surface area (Å²) < 4.78 is 17.7. The summed E-state index contributed by atoms with van der Waals surface area (Å²) in [6.45, 7) is 1.02. The monoisotopic (exact) mass is 498 g/mol.